The number of aromatic nitrogens is 2. The highest BCUT2D eigenvalue weighted by atomic mass is 35.5. The van der Waals surface area contributed by atoms with Gasteiger partial charge in [-0.1, -0.05) is 11.6 Å². The molecular weight excluding hydrogens is 482 g/mol. The average Bonchev–Trinajstić information content (AvgIpc) is 2.98. The van der Waals surface area contributed by atoms with Crippen molar-refractivity contribution in [3.05, 3.63) is 62.8 Å². The predicted octanol–water partition coefficient (Wildman–Crippen LogP) is 3.96. The molecule has 0 aliphatic carbocycles. The molecule has 33 heavy (non-hydrogen) atoms. The van der Waals surface area contributed by atoms with Crippen LogP contribution in [-0.2, 0) is 17.5 Å². The summed E-state index contributed by atoms with van der Waals surface area (Å²) < 4.78 is 84.9. The zero-order valence-corrected chi connectivity index (χ0v) is 17.1. The summed E-state index contributed by atoms with van der Waals surface area (Å²) in [5.41, 5.74) is -6.41. The van der Waals surface area contributed by atoms with Crippen LogP contribution in [0.1, 0.15) is 18.2 Å². The van der Waals surface area contributed by atoms with Crippen LogP contribution in [-0.4, -0.2) is 27.2 Å². The third-order valence-electron chi connectivity index (χ3n) is 4.40. The van der Waals surface area contributed by atoms with Crippen LogP contribution in [0.2, 0.25) is 5.02 Å². The van der Waals surface area contributed by atoms with Gasteiger partial charge in [-0.05, 0) is 31.2 Å². The normalized spacial score (nSPS) is 18.5. The molecule has 2 heterocycles. The molecule has 0 bridgehead atoms. The number of amides is 1. The largest absolute Gasteiger partial charge is 0.449 e. The summed E-state index contributed by atoms with van der Waals surface area (Å²) in [5.74, 6) is -3.11. The van der Waals surface area contributed by atoms with Crippen LogP contribution >= 0.6 is 11.6 Å². The van der Waals surface area contributed by atoms with Crippen molar-refractivity contribution >= 4 is 17.5 Å². The summed E-state index contributed by atoms with van der Waals surface area (Å²) in [6.07, 6.45) is -9.08. The molecule has 0 fully saturated rings. The predicted molar refractivity (Wildman–Crippen MR) is 100 cm³/mol. The Kier molecular flexibility index (Phi) is 5.93. The molecule has 14 heteroatoms. The second-order valence-electron chi connectivity index (χ2n) is 7.17. The number of carbonyl (C=O) groups excluding carboxylic acids is 1. The lowest BCUT2D eigenvalue weighted by atomic mass is 10.0. The van der Waals surface area contributed by atoms with Gasteiger partial charge in [-0.2, -0.15) is 31.6 Å². The molecule has 3 rings (SSSR count). The first-order valence-electron chi connectivity index (χ1n) is 8.81. The number of nitrogens with one attached hydrogen (secondary N) is 1. The van der Waals surface area contributed by atoms with E-state index < -0.39 is 52.9 Å². The van der Waals surface area contributed by atoms with Crippen LogP contribution in [0.25, 0.3) is 0 Å². The van der Waals surface area contributed by atoms with Gasteiger partial charge in [-0.25, -0.2) is 4.98 Å². The van der Waals surface area contributed by atoms with Gasteiger partial charge in [0.2, 0.25) is 5.75 Å². The first-order chi connectivity index (χ1) is 15.1. The van der Waals surface area contributed by atoms with Crippen LogP contribution in [0.15, 0.2) is 41.0 Å². The topological polar surface area (TPSA) is 97.0 Å². The zero-order chi connectivity index (χ0) is 24.8. The molecule has 1 aliphatic heterocycles. The van der Waals surface area contributed by atoms with Crippen LogP contribution in [0, 0.1) is 11.3 Å². The highest BCUT2D eigenvalue weighted by molar-refractivity contribution is 6.30. The van der Waals surface area contributed by atoms with E-state index >= 15 is 0 Å². The fourth-order valence-corrected chi connectivity index (χ4v) is 3.30. The molecule has 1 aromatic carbocycles. The standard InChI is InChI=1S/C19H11ClF6N4O3/c1-17(5-12(15(31)29-17)18(21,22)23)7-30-8-28-14(19(24,25)26)13(16(30)32)33-11-3-9(6-27)2-10(20)4-11/h2-5,8H,7H2,1H3,(H,29,31)/t17-/m1/s1. The third kappa shape index (κ3) is 5.11. The van der Waals surface area contributed by atoms with E-state index in [0.29, 0.717) is 17.0 Å². The van der Waals surface area contributed by atoms with E-state index in [1.165, 1.54) is 6.07 Å². The zero-order valence-electron chi connectivity index (χ0n) is 16.3. The lowest BCUT2D eigenvalue weighted by Crippen LogP contribution is -2.45. The number of alkyl halides is 6. The van der Waals surface area contributed by atoms with Crippen molar-refractivity contribution in [1.82, 2.24) is 14.9 Å². The monoisotopic (exact) mass is 492 g/mol. The van der Waals surface area contributed by atoms with Crippen molar-refractivity contribution in [3.8, 4) is 17.6 Å². The maximum atomic E-state index is 13.4. The highest BCUT2D eigenvalue weighted by Crippen LogP contribution is 2.36. The van der Waals surface area contributed by atoms with Gasteiger partial charge >= 0.3 is 12.4 Å². The maximum Gasteiger partial charge on any atom is 0.437 e. The van der Waals surface area contributed by atoms with E-state index in [2.05, 4.69) is 4.98 Å². The Morgan fingerprint density at radius 1 is 1.18 bits per heavy atom. The quantitative estimate of drug-likeness (QED) is 0.652. The number of nitrogens with zero attached hydrogens (tertiary/aromatic N) is 3. The number of carbonyl (C=O) groups is 1. The van der Waals surface area contributed by atoms with E-state index in [-0.39, 0.29) is 16.3 Å². The number of hydrogen-bond donors (Lipinski definition) is 1. The Hall–Kier alpha value is -3.53. The van der Waals surface area contributed by atoms with Gasteiger partial charge < -0.3 is 10.1 Å². The molecule has 174 valence electrons. The summed E-state index contributed by atoms with van der Waals surface area (Å²) in [4.78, 5) is 27.7. The van der Waals surface area contributed by atoms with Gasteiger partial charge in [-0.15, -0.1) is 0 Å². The van der Waals surface area contributed by atoms with Gasteiger partial charge in [0.1, 0.15) is 11.3 Å². The third-order valence-corrected chi connectivity index (χ3v) is 4.61. The smallest absolute Gasteiger partial charge is 0.437 e. The average molecular weight is 493 g/mol. The molecule has 0 spiro atoms. The molecule has 7 nitrogen and oxygen atoms in total. The van der Waals surface area contributed by atoms with E-state index in [1.54, 1.807) is 6.07 Å². The summed E-state index contributed by atoms with van der Waals surface area (Å²) in [7, 11) is 0. The summed E-state index contributed by atoms with van der Waals surface area (Å²) in [5, 5.41) is 11.0. The van der Waals surface area contributed by atoms with E-state index in [1.807, 2.05) is 5.32 Å². The van der Waals surface area contributed by atoms with Crippen LogP contribution < -0.4 is 15.6 Å². The highest BCUT2D eigenvalue weighted by Gasteiger charge is 2.47. The molecule has 0 saturated heterocycles. The second-order valence-corrected chi connectivity index (χ2v) is 7.61. The number of nitriles is 1. The fraction of sp³-hybridized carbons (Fsp3) is 0.263. The summed E-state index contributed by atoms with van der Waals surface area (Å²) in [6.45, 7) is 0.460. The molecule has 2 aromatic rings. The molecule has 0 radical (unpaired) electrons. The Morgan fingerprint density at radius 3 is 2.39 bits per heavy atom. The Bertz CT molecular complexity index is 1260. The Morgan fingerprint density at radius 2 is 1.85 bits per heavy atom. The molecule has 1 aromatic heterocycles. The van der Waals surface area contributed by atoms with Crippen LogP contribution in [0.4, 0.5) is 26.3 Å². The minimum absolute atomic E-state index is 0.0622. The van der Waals surface area contributed by atoms with Gasteiger partial charge in [0.15, 0.2) is 5.69 Å². The SMILES string of the molecule is C[C@]1(Cn2cnc(C(F)(F)F)c(Oc3cc(Cl)cc(C#N)c3)c2=O)C=C(C(F)(F)F)C(=O)N1. The van der Waals surface area contributed by atoms with Gasteiger partial charge in [0.05, 0.1) is 30.0 Å². The molecule has 1 N–H and O–H groups in total. The number of rotatable bonds is 4. The number of hydrogen-bond acceptors (Lipinski definition) is 5. The van der Waals surface area contributed by atoms with Crippen LogP contribution in [0.5, 0.6) is 11.5 Å². The second kappa shape index (κ2) is 8.11. The number of benzene rings is 1. The van der Waals surface area contributed by atoms with E-state index in [9.17, 15) is 35.9 Å². The van der Waals surface area contributed by atoms with Crippen molar-refractivity contribution in [1.29, 1.82) is 5.26 Å². The summed E-state index contributed by atoms with van der Waals surface area (Å²) >= 11 is 5.80. The summed E-state index contributed by atoms with van der Waals surface area (Å²) in [6, 6.07) is 5.00. The van der Waals surface area contributed by atoms with Gasteiger partial charge in [0, 0.05) is 5.02 Å². The molecule has 0 saturated carbocycles. The molecule has 0 unspecified atom stereocenters. The molecule has 1 amide bonds. The van der Waals surface area contributed by atoms with Crippen molar-refractivity contribution in [2.45, 2.75) is 31.4 Å². The molecule has 1 aliphatic rings. The molecule has 1 atom stereocenters. The minimum Gasteiger partial charge on any atom is -0.449 e. The van der Waals surface area contributed by atoms with E-state index in [0.717, 1.165) is 19.1 Å². The van der Waals surface area contributed by atoms with Crippen LogP contribution in [0.3, 0.4) is 0 Å². The maximum absolute atomic E-state index is 13.4. The minimum atomic E-state index is -5.13. The molecular formula is C19H11ClF6N4O3. The Labute approximate surface area is 185 Å². The van der Waals surface area contributed by atoms with Crippen molar-refractivity contribution in [3.63, 3.8) is 0 Å². The van der Waals surface area contributed by atoms with Crippen molar-refractivity contribution in [2.75, 3.05) is 0 Å². The first kappa shape index (κ1) is 24.1. The van der Waals surface area contributed by atoms with E-state index in [4.69, 9.17) is 21.6 Å². The first-order valence-corrected chi connectivity index (χ1v) is 9.18. The van der Waals surface area contributed by atoms with Crippen molar-refractivity contribution < 1.29 is 35.9 Å². The Balaban J connectivity index is 2.07. The fourth-order valence-electron chi connectivity index (χ4n) is 3.08. The number of ether oxygens (including phenoxy) is 1. The van der Waals surface area contributed by atoms with Gasteiger partial charge in [0.25, 0.3) is 11.5 Å². The lowest BCUT2D eigenvalue weighted by Gasteiger charge is -2.24. The van der Waals surface area contributed by atoms with Gasteiger partial charge in [-0.3, -0.25) is 14.2 Å². The number of halogens is 7. The van der Waals surface area contributed by atoms with Crippen molar-refractivity contribution in [2.24, 2.45) is 0 Å². The lowest BCUT2D eigenvalue weighted by molar-refractivity contribution is -0.142.